The smallest absolute Gasteiger partial charge is 0.321 e. The highest BCUT2D eigenvalue weighted by Crippen LogP contribution is 2.59. The molecule has 0 radical (unpaired) electrons. The molecule has 116 heavy (non-hydrogen) atoms. The molecule has 5 amide bonds. The number of rotatable bonds is 20. The minimum absolute atomic E-state index is 0.121. The van der Waals surface area contributed by atoms with Crippen molar-refractivity contribution in [1.29, 1.82) is 0 Å². The Balaban J connectivity index is 0.000000192. The number of nitrogens with zero attached hydrogens (tertiary/aromatic N) is 8. The van der Waals surface area contributed by atoms with E-state index >= 15 is 0 Å². The molecule has 2 N–H and O–H groups in total. The lowest BCUT2D eigenvalue weighted by Crippen LogP contribution is -2.49. The predicted molar refractivity (Wildman–Crippen MR) is 446 cm³/mol. The number of ether oxygens (including phenoxy) is 6. The summed E-state index contributed by atoms with van der Waals surface area (Å²) in [5.74, 6) is 1.80. The number of hydrogen-bond acceptors (Lipinski definition) is 20. The van der Waals surface area contributed by atoms with Crippen LogP contribution in [0.2, 0.25) is 0 Å². The number of carboxylic acid groups (broad SMARTS) is 1. The number of methoxy groups -OCH3 is 4. The number of aryl methyl sites for hydroxylation is 2. The number of thiazole rings is 2. The van der Waals surface area contributed by atoms with E-state index in [1.165, 1.54) is 22.7 Å². The first kappa shape index (κ1) is 82.5. The highest BCUT2D eigenvalue weighted by molar-refractivity contribution is 7.91. The Kier molecular flexibility index (Phi) is 24.9. The van der Waals surface area contributed by atoms with Crippen LogP contribution < -0.4 is 33.1 Å². The molecule has 3 aliphatic carbocycles. The maximum atomic E-state index is 15.0. The summed E-state index contributed by atoms with van der Waals surface area (Å²) in [4.78, 5) is 112. The molecule has 0 bridgehead atoms. The first-order valence-corrected chi connectivity index (χ1v) is 43.9. The summed E-state index contributed by atoms with van der Waals surface area (Å²) in [5.41, 5.74) is 5.86. The molecule has 0 unspecified atom stereocenters. The lowest BCUT2D eigenvalue weighted by molar-refractivity contribution is -0.146. The quantitative estimate of drug-likeness (QED) is 0.0670. The summed E-state index contributed by atoms with van der Waals surface area (Å²) in [5, 5.41) is 16.9. The van der Waals surface area contributed by atoms with E-state index < -0.39 is 62.3 Å². The Morgan fingerprint density at radius 1 is 0.560 bits per heavy atom. The third-order valence-corrected chi connectivity index (χ3v) is 27.6. The van der Waals surface area contributed by atoms with Crippen molar-refractivity contribution in [2.45, 2.75) is 199 Å². The molecule has 614 valence electrons. The number of carboxylic acids is 1. The molecule has 5 fully saturated rings. The van der Waals surface area contributed by atoms with Crippen LogP contribution >= 0.6 is 22.7 Å². The van der Waals surface area contributed by atoms with Gasteiger partial charge in [0.1, 0.15) is 68.1 Å². The minimum atomic E-state index is -3.84. The average molecular weight is 1640 g/mol. The number of aromatic nitrogens is 4. The van der Waals surface area contributed by atoms with Crippen molar-refractivity contribution in [2.24, 2.45) is 22.7 Å². The molecule has 4 aromatic carbocycles. The Morgan fingerprint density at radius 3 is 1.40 bits per heavy atom. The lowest BCUT2D eigenvalue weighted by Gasteiger charge is -2.32. The van der Waals surface area contributed by atoms with Crippen molar-refractivity contribution < 1.29 is 70.7 Å². The highest BCUT2D eigenvalue weighted by Gasteiger charge is 2.63. The molecule has 8 aromatic rings. The molecule has 27 heteroatoms. The van der Waals surface area contributed by atoms with Gasteiger partial charge in [-0.05, 0) is 161 Å². The first-order valence-electron chi connectivity index (χ1n) is 40.6. The second-order valence-electron chi connectivity index (χ2n) is 32.7. The number of aliphatic carboxylic acids is 1. The predicted octanol–water partition coefficient (Wildman–Crippen LogP) is 16.4. The van der Waals surface area contributed by atoms with Crippen LogP contribution in [0.1, 0.15) is 176 Å². The number of sulfonamides is 1. The highest BCUT2D eigenvalue weighted by atomic mass is 32.2. The van der Waals surface area contributed by atoms with Crippen molar-refractivity contribution in [3.8, 4) is 55.9 Å². The second kappa shape index (κ2) is 35.1. The van der Waals surface area contributed by atoms with E-state index in [-0.39, 0.29) is 86.1 Å². The fourth-order valence-electron chi connectivity index (χ4n) is 16.7. The number of carbonyl (C=O) groups is 6. The largest absolute Gasteiger partial charge is 0.497 e. The van der Waals surface area contributed by atoms with Gasteiger partial charge in [0.25, 0.3) is 0 Å². The Labute approximate surface area is 686 Å². The number of allylic oxidation sites excluding steroid dienone is 4. The van der Waals surface area contributed by atoms with Crippen LogP contribution in [0.15, 0.2) is 120 Å². The van der Waals surface area contributed by atoms with Gasteiger partial charge in [-0.1, -0.05) is 89.1 Å². The van der Waals surface area contributed by atoms with E-state index in [9.17, 15) is 42.3 Å². The number of hydrogen-bond donors (Lipinski definition) is 2. The number of pyridine rings is 2. The summed E-state index contributed by atoms with van der Waals surface area (Å²) in [6.07, 6.45) is 15.6. The normalized spacial score (nSPS) is 24.0. The van der Waals surface area contributed by atoms with E-state index in [0.29, 0.717) is 97.5 Å². The monoisotopic (exact) mass is 1640 g/mol. The summed E-state index contributed by atoms with van der Waals surface area (Å²) >= 11 is 3.04. The van der Waals surface area contributed by atoms with Crippen molar-refractivity contribution in [1.82, 2.24) is 44.3 Å². The van der Waals surface area contributed by atoms with Gasteiger partial charge in [-0.15, -0.1) is 22.7 Å². The average Bonchev–Trinajstić information content (AvgIpc) is 1.56. The minimum Gasteiger partial charge on any atom is -0.497 e. The molecule has 4 aromatic heterocycles. The number of carbonyl (C=O) groups excluding carboxylic acids is 5. The van der Waals surface area contributed by atoms with Gasteiger partial charge in [-0.2, -0.15) is 0 Å². The molecule has 4 aliphatic heterocycles. The summed E-state index contributed by atoms with van der Waals surface area (Å²) in [6.45, 7) is 14.3. The van der Waals surface area contributed by atoms with Gasteiger partial charge in [-0.3, -0.25) is 23.9 Å². The second-order valence-corrected chi connectivity index (χ2v) is 36.4. The zero-order valence-electron chi connectivity index (χ0n) is 67.8. The van der Waals surface area contributed by atoms with Crippen molar-refractivity contribution in [2.75, 3.05) is 54.6 Å². The third kappa shape index (κ3) is 17.9. The standard InChI is InChI=1S/C46H55N5O8S2.C43H50N4O7S/c1-28(2)37-27-60-43(48-37)36-22-41(35-18-19-40(58-5)29(3)42(35)47-36)59-33-21-38-39(52)24-46(44(53)49-61(55,56)34-16-17-34)23-31(46)11-9-7-6-8-10-20-50(45(54)51(38)26-33)25-30-12-14-32(57-4)15-13-30;1-26(2)34-25-55-40(45-34)33-20-38(32-16-17-37(53-5)27(3)39(32)44-33)54-31-19-35-36(48)22-43(41(49)50)21-29(43)11-9-7-6-8-10-18-46(42(51)47(35)24-31)23-28-12-14-30(52-4)15-13-28/h9,11-15,18-19,22,27-28,31,33-34,38H,6-8,10,16-17,20-21,23-26H2,1-5H3,(H,49,53);9,11-17,20,25-26,29,31,35H,6-8,10,18-19,21-24H2,1-5H3,(H,49,50)/b2*11-9-/t31-,33-,38+,46-;29-,31-,35+,43-/m11/s1. The molecular formula is C89H105N9O15S3. The molecule has 8 atom stereocenters. The van der Waals surface area contributed by atoms with E-state index in [4.69, 9.17) is 48.4 Å². The zero-order valence-corrected chi connectivity index (χ0v) is 70.2. The van der Waals surface area contributed by atoms with E-state index in [1.807, 2.05) is 133 Å². The number of fused-ring (bicyclic) bond motifs is 6. The summed E-state index contributed by atoms with van der Waals surface area (Å²) in [7, 11) is 2.64. The zero-order chi connectivity index (χ0) is 81.9. The molecule has 0 spiro atoms. The van der Waals surface area contributed by atoms with Crippen LogP contribution in [-0.4, -0.2) is 173 Å². The van der Waals surface area contributed by atoms with Crippen molar-refractivity contribution in [3.63, 3.8) is 0 Å². The molecular weight excluding hydrogens is 1530 g/mol. The van der Waals surface area contributed by atoms with Gasteiger partial charge in [0.15, 0.2) is 11.6 Å². The van der Waals surface area contributed by atoms with Crippen LogP contribution in [-0.2, 0) is 42.3 Å². The van der Waals surface area contributed by atoms with Gasteiger partial charge in [0.2, 0.25) is 15.9 Å². The molecule has 7 aliphatic rings. The molecule has 15 rings (SSSR count). The van der Waals surface area contributed by atoms with Crippen LogP contribution in [0.4, 0.5) is 9.59 Å². The van der Waals surface area contributed by atoms with Crippen molar-refractivity contribution in [3.05, 3.63) is 154 Å². The Bertz CT molecular complexity index is 5180. The van der Waals surface area contributed by atoms with Gasteiger partial charge < -0.3 is 53.1 Å². The lowest BCUT2D eigenvalue weighted by atomic mass is 9.91. The number of ketones is 2. The van der Waals surface area contributed by atoms with E-state index in [1.54, 1.807) is 43.1 Å². The van der Waals surface area contributed by atoms with Gasteiger partial charge in [0.05, 0.1) is 92.1 Å². The number of urea groups is 2. The fourth-order valence-corrected chi connectivity index (χ4v) is 19.9. The molecule has 8 heterocycles. The van der Waals surface area contributed by atoms with E-state index in [0.717, 1.165) is 117 Å². The van der Waals surface area contributed by atoms with Crippen LogP contribution in [0.25, 0.3) is 43.2 Å². The number of amides is 5. The topological polar surface area (TPSA) is 289 Å². The number of nitrogens with one attached hydrogen (secondary N) is 1. The molecule has 3 saturated carbocycles. The van der Waals surface area contributed by atoms with E-state index in [2.05, 4.69) is 38.5 Å². The number of Topliss-reactive ketones (excluding diaryl/α,β-unsaturated/α-hetero) is 2. The van der Waals surface area contributed by atoms with Crippen LogP contribution in [0, 0.1) is 36.5 Å². The fraction of sp³-hybridized carbons (Fsp3) is 0.483. The Hall–Kier alpha value is -9.99. The SMILES string of the molecule is COc1ccc(CN2CCCCC/C=C\[C@@H]3C[C@@]3(C(=O)NS(=O)(=O)C3CC3)CC(=O)[C@@H]3C[C@@H](Oc4cc(-c5nc(C(C)C)cs5)nc5c(C)c(OC)ccc45)CN3C2=O)cc1.COc1ccc(CN2CCCCC/C=C\[C@@H]3C[C@@]3(C(=O)O)CC(=O)[C@@H]3C[C@@H](Oc4cc(-c5nc(C(C)C)cs5)nc5c(C)c(OC)ccc45)CN3C2=O)cc1. The van der Waals surface area contributed by atoms with Crippen molar-refractivity contribution >= 4 is 90.0 Å². The Morgan fingerprint density at radius 2 is 0.991 bits per heavy atom. The van der Waals surface area contributed by atoms with Crippen LogP contribution in [0.5, 0.6) is 34.5 Å². The maximum Gasteiger partial charge on any atom is 0.321 e. The van der Waals surface area contributed by atoms with Crippen LogP contribution in [0.3, 0.4) is 0 Å². The van der Waals surface area contributed by atoms with Gasteiger partial charge >= 0.3 is 18.0 Å². The molecule has 24 nitrogen and oxygen atoms in total. The number of benzene rings is 4. The first-order chi connectivity index (χ1) is 55.8. The van der Waals surface area contributed by atoms with Gasteiger partial charge in [0, 0.05) is 96.7 Å². The maximum absolute atomic E-state index is 15.0. The summed E-state index contributed by atoms with van der Waals surface area (Å²) < 4.78 is 64.2. The van der Waals surface area contributed by atoms with Gasteiger partial charge in [-0.25, -0.2) is 37.9 Å². The summed E-state index contributed by atoms with van der Waals surface area (Å²) in [6, 6.07) is 24.3. The third-order valence-electron chi connectivity index (χ3n) is 24.0. The molecule has 2 saturated heterocycles.